The highest BCUT2D eigenvalue weighted by molar-refractivity contribution is 5.52. The topological polar surface area (TPSA) is 17.1 Å². The van der Waals surface area contributed by atoms with Crippen molar-refractivity contribution in [3.8, 4) is 0 Å². The number of carbonyl (C=O) groups is 1. The Balaban J connectivity index is 3.45. The average molecular weight is 210 g/mol. The molecule has 1 nitrogen and oxygen atoms in total. The van der Waals surface area contributed by atoms with Crippen LogP contribution in [0.25, 0.3) is 0 Å². The SMILES string of the molecule is CC(C)=CCC[C@H](C)CCC[C@@H](C)C=O. The molecule has 0 aliphatic carbocycles. The summed E-state index contributed by atoms with van der Waals surface area (Å²) in [6.07, 6.45) is 9.35. The third kappa shape index (κ3) is 9.71. The molecule has 0 aromatic rings. The lowest BCUT2D eigenvalue weighted by Crippen LogP contribution is -1.99. The van der Waals surface area contributed by atoms with Gasteiger partial charge in [0.1, 0.15) is 6.29 Å². The minimum Gasteiger partial charge on any atom is -0.303 e. The van der Waals surface area contributed by atoms with Crippen molar-refractivity contribution < 1.29 is 4.79 Å². The maximum Gasteiger partial charge on any atom is 0.122 e. The van der Waals surface area contributed by atoms with Gasteiger partial charge in [-0.25, -0.2) is 0 Å². The number of carbonyl (C=O) groups excluding carboxylic acids is 1. The first-order valence-corrected chi connectivity index (χ1v) is 6.15. The highest BCUT2D eigenvalue weighted by Crippen LogP contribution is 2.16. The predicted octanol–water partition coefficient (Wildman–Crippen LogP) is 4.37. The Morgan fingerprint density at radius 2 is 1.80 bits per heavy atom. The minimum absolute atomic E-state index is 0.245. The van der Waals surface area contributed by atoms with Gasteiger partial charge in [-0.2, -0.15) is 0 Å². The van der Waals surface area contributed by atoms with Crippen LogP contribution in [0, 0.1) is 11.8 Å². The van der Waals surface area contributed by atoms with Crippen molar-refractivity contribution in [3.63, 3.8) is 0 Å². The molecule has 0 spiro atoms. The third-order valence-corrected chi connectivity index (χ3v) is 2.80. The van der Waals surface area contributed by atoms with Crippen LogP contribution in [-0.4, -0.2) is 6.29 Å². The smallest absolute Gasteiger partial charge is 0.122 e. The minimum atomic E-state index is 0.245. The van der Waals surface area contributed by atoms with Crippen molar-refractivity contribution in [3.05, 3.63) is 11.6 Å². The molecule has 0 aliphatic heterocycles. The van der Waals surface area contributed by atoms with Crippen LogP contribution in [0.3, 0.4) is 0 Å². The summed E-state index contributed by atoms with van der Waals surface area (Å²) in [6.45, 7) is 8.61. The van der Waals surface area contributed by atoms with Gasteiger partial charge in [0.15, 0.2) is 0 Å². The van der Waals surface area contributed by atoms with Crippen LogP contribution in [-0.2, 0) is 4.79 Å². The fourth-order valence-electron chi connectivity index (χ4n) is 1.66. The quantitative estimate of drug-likeness (QED) is 0.429. The van der Waals surface area contributed by atoms with Gasteiger partial charge in [-0.1, -0.05) is 38.3 Å². The van der Waals surface area contributed by atoms with E-state index in [1.54, 1.807) is 0 Å². The predicted molar refractivity (Wildman–Crippen MR) is 66.9 cm³/mol. The summed E-state index contributed by atoms with van der Waals surface area (Å²) in [7, 11) is 0. The molecule has 0 saturated carbocycles. The van der Waals surface area contributed by atoms with Crippen LogP contribution in [0.1, 0.15) is 59.8 Å². The zero-order valence-electron chi connectivity index (χ0n) is 10.8. The molecule has 0 aromatic carbocycles. The molecule has 0 bridgehead atoms. The van der Waals surface area contributed by atoms with Gasteiger partial charge in [-0.3, -0.25) is 0 Å². The second-order valence-corrected chi connectivity index (χ2v) is 5.01. The zero-order valence-corrected chi connectivity index (χ0v) is 10.8. The molecule has 1 heteroatoms. The van der Waals surface area contributed by atoms with Gasteiger partial charge >= 0.3 is 0 Å². The average Bonchev–Trinajstić information content (AvgIpc) is 2.17. The molecular weight excluding hydrogens is 184 g/mol. The Labute approximate surface area is 95.0 Å². The molecule has 0 aromatic heterocycles. The molecule has 88 valence electrons. The molecule has 0 fully saturated rings. The highest BCUT2D eigenvalue weighted by atomic mass is 16.1. The Morgan fingerprint density at radius 3 is 2.33 bits per heavy atom. The van der Waals surface area contributed by atoms with Gasteiger partial charge in [0.05, 0.1) is 0 Å². The van der Waals surface area contributed by atoms with Crippen molar-refractivity contribution >= 4 is 6.29 Å². The Kier molecular flexibility index (Phi) is 8.35. The first kappa shape index (κ1) is 14.4. The first-order chi connectivity index (χ1) is 7.06. The van der Waals surface area contributed by atoms with Crippen molar-refractivity contribution in [2.24, 2.45) is 11.8 Å². The maximum atomic E-state index is 10.4. The Morgan fingerprint density at radius 1 is 1.13 bits per heavy atom. The second-order valence-electron chi connectivity index (χ2n) is 5.01. The van der Waals surface area contributed by atoms with Crippen LogP contribution >= 0.6 is 0 Å². The fraction of sp³-hybridized carbons (Fsp3) is 0.786. The van der Waals surface area contributed by atoms with E-state index >= 15 is 0 Å². The van der Waals surface area contributed by atoms with E-state index in [1.165, 1.54) is 31.3 Å². The molecular formula is C14H26O. The Hall–Kier alpha value is -0.590. The lowest BCUT2D eigenvalue weighted by atomic mass is 9.95. The molecule has 0 radical (unpaired) electrons. The molecule has 15 heavy (non-hydrogen) atoms. The summed E-state index contributed by atoms with van der Waals surface area (Å²) >= 11 is 0. The van der Waals surface area contributed by atoms with E-state index in [9.17, 15) is 4.79 Å². The van der Waals surface area contributed by atoms with Crippen molar-refractivity contribution in [2.75, 3.05) is 0 Å². The van der Waals surface area contributed by atoms with Crippen LogP contribution in [0.4, 0.5) is 0 Å². The van der Waals surface area contributed by atoms with E-state index in [0.29, 0.717) is 0 Å². The van der Waals surface area contributed by atoms with E-state index in [0.717, 1.165) is 18.6 Å². The first-order valence-electron chi connectivity index (χ1n) is 6.15. The molecule has 0 rings (SSSR count). The van der Waals surface area contributed by atoms with Crippen LogP contribution in [0.2, 0.25) is 0 Å². The molecule has 0 N–H and O–H groups in total. The number of rotatable bonds is 8. The molecule has 0 saturated heterocycles. The summed E-state index contributed by atoms with van der Waals surface area (Å²) in [6, 6.07) is 0. The van der Waals surface area contributed by atoms with Crippen LogP contribution in [0.15, 0.2) is 11.6 Å². The van der Waals surface area contributed by atoms with E-state index in [1.807, 2.05) is 6.92 Å². The Bertz CT molecular complexity index is 190. The van der Waals surface area contributed by atoms with Crippen LogP contribution in [0.5, 0.6) is 0 Å². The summed E-state index contributed by atoms with van der Waals surface area (Å²) in [5.74, 6) is 1.04. The number of hydrogen-bond acceptors (Lipinski definition) is 1. The second kappa shape index (κ2) is 8.70. The van der Waals surface area contributed by atoms with Gasteiger partial charge in [-0.05, 0) is 39.0 Å². The fourth-order valence-corrected chi connectivity index (χ4v) is 1.66. The molecule has 2 atom stereocenters. The van der Waals surface area contributed by atoms with E-state index in [4.69, 9.17) is 0 Å². The third-order valence-electron chi connectivity index (χ3n) is 2.80. The maximum absolute atomic E-state index is 10.4. The van der Waals surface area contributed by atoms with Crippen molar-refractivity contribution in [1.82, 2.24) is 0 Å². The summed E-state index contributed by atoms with van der Waals surface area (Å²) in [5.41, 5.74) is 1.41. The summed E-state index contributed by atoms with van der Waals surface area (Å²) in [5, 5.41) is 0. The normalized spacial score (nSPS) is 14.4. The number of allylic oxidation sites excluding steroid dienone is 2. The van der Waals surface area contributed by atoms with Crippen molar-refractivity contribution in [2.45, 2.75) is 59.8 Å². The van der Waals surface area contributed by atoms with Gasteiger partial charge in [0.25, 0.3) is 0 Å². The lowest BCUT2D eigenvalue weighted by Gasteiger charge is -2.10. The number of hydrogen-bond donors (Lipinski definition) is 0. The van der Waals surface area contributed by atoms with E-state index in [-0.39, 0.29) is 5.92 Å². The lowest BCUT2D eigenvalue weighted by molar-refractivity contribution is -0.110. The summed E-state index contributed by atoms with van der Waals surface area (Å²) in [4.78, 5) is 10.4. The van der Waals surface area contributed by atoms with Crippen LogP contribution < -0.4 is 0 Å². The molecule has 0 unspecified atom stereocenters. The highest BCUT2D eigenvalue weighted by Gasteiger charge is 2.03. The monoisotopic (exact) mass is 210 g/mol. The largest absolute Gasteiger partial charge is 0.303 e. The molecule has 0 aliphatic rings. The number of aldehydes is 1. The molecule has 0 heterocycles. The van der Waals surface area contributed by atoms with Gasteiger partial charge < -0.3 is 4.79 Å². The van der Waals surface area contributed by atoms with Gasteiger partial charge in [0, 0.05) is 5.92 Å². The molecule has 0 amide bonds. The standard InChI is InChI=1S/C14H26O/c1-12(2)7-5-8-13(3)9-6-10-14(4)11-15/h7,11,13-14H,5-6,8-10H2,1-4H3/t13-,14+/m0/s1. The van der Waals surface area contributed by atoms with E-state index < -0.39 is 0 Å². The van der Waals surface area contributed by atoms with Gasteiger partial charge in [-0.15, -0.1) is 0 Å². The van der Waals surface area contributed by atoms with E-state index in [2.05, 4.69) is 26.8 Å². The zero-order chi connectivity index (χ0) is 11.7. The van der Waals surface area contributed by atoms with Gasteiger partial charge in [0.2, 0.25) is 0 Å². The van der Waals surface area contributed by atoms with Crippen molar-refractivity contribution in [1.29, 1.82) is 0 Å². The summed E-state index contributed by atoms with van der Waals surface area (Å²) < 4.78 is 0.